The minimum Gasteiger partial charge on any atom is -0.351 e. The molecule has 0 bridgehead atoms. The van der Waals surface area contributed by atoms with Gasteiger partial charge < -0.3 is 5.32 Å². The van der Waals surface area contributed by atoms with E-state index in [0.717, 1.165) is 16.0 Å². The topological polar surface area (TPSA) is 81.1 Å². The molecule has 170 valence electrons. The SMILES string of the molecule is CC(=O)NCc1ccc(C(=O)CSc2nc3scc(-c4ccc(C)c(C)c4)c3c(=O)n2C)s1. The van der Waals surface area contributed by atoms with Crippen LogP contribution in [0.15, 0.2) is 45.7 Å². The lowest BCUT2D eigenvalue weighted by Crippen LogP contribution is -2.20. The van der Waals surface area contributed by atoms with E-state index in [4.69, 9.17) is 0 Å². The van der Waals surface area contributed by atoms with Crippen LogP contribution in [0.25, 0.3) is 21.3 Å². The number of hydrogen-bond acceptors (Lipinski definition) is 7. The number of ketones is 1. The Kier molecular flexibility index (Phi) is 6.83. The highest BCUT2D eigenvalue weighted by Gasteiger charge is 2.18. The number of benzene rings is 1. The number of hydrogen-bond donors (Lipinski definition) is 1. The fourth-order valence-electron chi connectivity index (χ4n) is 3.34. The third-order valence-corrected chi connectivity index (χ3v) is 8.40. The van der Waals surface area contributed by atoms with Crippen LogP contribution in [0.2, 0.25) is 0 Å². The molecular formula is C24H23N3O3S3. The fraction of sp³-hybridized carbons (Fsp3) is 0.250. The maximum Gasteiger partial charge on any atom is 0.263 e. The highest BCUT2D eigenvalue weighted by molar-refractivity contribution is 7.99. The van der Waals surface area contributed by atoms with Gasteiger partial charge in [-0.2, -0.15) is 0 Å². The van der Waals surface area contributed by atoms with Gasteiger partial charge in [-0.15, -0.1) is 22.7 Å². The maximum atomic E-state index is 13.2. The second kappa shape index (κ2) is 9.62. The summed E-state index contributed by atoms with van der Waals surface area (Å²) in [7, 11) is 1.69. The molecule has 3 heterocycles. The van der Waals surface area contributed by atoms with E-state index in [9.17, 15) is 14.4 Å². The molecule has 0 radical (unpaired) electrons. The van der Waals surface area contributed by atoms with Crippen molar-refractivity contribution in [3.05, 3.63) is 66.9 Å². The van der Waals surface area contributed by atoms with Gasteiger partial charge in [-0.05, 0) is 42.7 Å². The van der Waals surface area contributed by atoms with Crippen molar-refractivity contribution in [3.63, 3.8) is 0 Å². The maximum absolute atomic E-state index is 13.2. The molecule has 9 heteroatoms. The number of Topliss-reactive ketones (excluding diaryl/α,β-unsaturated/α-hetero) is 1. The van der Waals surface area contributed by atoms with Gasteiger partial charge in [0, 0.05) is 29.8 Å². The molecule has 33 heavy (non-hydrogen) atoms. The number of carbonyl (C=O) groups excluding carboxylic acids is 2. The molecule has 4 aromatic rings. The Labute approximate surface area is 203 Å². The highest BCUT2D eigenvalue weighted by Crippen LogP contribution is 2.33. The lowest BCUT2D eigenvalue weighted by atomic mass is 10.0. The summed E-state index contributed by atoms with van der Waals surface area (Å²) in [6.45, 7) is 6.00. The monoisotopic (exact) mass is 497 g/mol. The summed E-state index contributed by atoms with van der Waals surface area (Å²) in [5.41, 5.74) is 4.17. The van der Waals surface area contributed by atoms with Crippen LogP contribution in [0.4, 0.5) is 0 Å². The van der Waals surface area contributed by atoms with Crippen molar-refractivity contribution >= 4 is 56.3 Å². The molecule has 0 aliphatic carbocycles. The van der Waals surface area contributed by atoms with E-state index in [-0.39, 0.29) is 23.0 Å². The van der Waals surface area contributed by atoms with Crippen LogP contribution in [0.1, 0.15) is 32.6 Å². The lowest BCUT2D eigenvalue weighted by molar-refractivity contribution is -0.119. The van der Waals surface area contributed by atoms with Crippen LogP contribution < -0.4 is 10.9 Å². The Morgan fingerprint density at radius 2 is 1.94 bits per heavy atom. The van der Waals surface area contributed by atoms with Crippen molar-refractivity contribution in [2.24, 2.45) is 7.05 Å². The van der Waals surface area contributed by atoms with Crippen molar-refractivity contribution < 1.29 is 9.59 Å². The Balaban J connectivity index is 1.55. The van der Waals surface area contributed by atoms with Crippen molar-refractivity contribution in [2.45, 2.75) is 32.5 Å². The largest absolute Gasteiger partial charge is 0.351 e. The van der Waals surface area contributed by atoms with Crippen molar-refractivity contribution in [3.8, 4) is 11.1 Å². The van der Waals surface area contributed by atoms with Crippen LogP contribution in [0.3, 0.4) is 0 Å². The average molecular weight is 498 g/mol. The van der Waals surface area contributed by atoms with Crippen LogP contribution in [-0.2, 0) is 18.4 Å². The Morgan fingerprint density at radius 3 is 2.67 bits per heavy atom. The Morgan fingerprint density at radius 1 is 1.15 bits per heavy atom. The molecule has 1 amide bonds. The number of nitrogens with one attached hydrogen (secondary N) is 1. The summed E-state index contributed by atoms with van der Waals surface area (Å²) in [5.74, 6) is 0.0419. The molecule has 0 aliphatic heterocycles. The molecule has 0 saturated carbocycles. The van der Waals surface area contributed by atoms with E-state index in [0.29, 0.717) is 26.8 Å². The smallest absolute Gasteiger partial charge is 0.263 e. The molecule has 4 rings (SSSR count). The number of rotatable bonds is 7. The summed E-state index contributed by atoms with van der Waals surface area (Å²) < 4.78 is 1.52. The predicted octanol–water partition coefficient (Wildman–Crippen LogP) is 4.95. The minimum atomic E-state index is -0.113. The van der Waals surface area contributed by atoms with Gasteiger partial charge in [0.25, 0.3) is 5.56 Å². The van der Waals surface area contributed by atoms with Gasteiger partial charge in [0.05, 0.1) is 22.6 Å². The third kappa shape index (κ3) is 4.95. The second-order valence-electron chi connectivity index (χ2n) is 7.77. The first-order valence-corrected chi connectivity index (χ1v) is 13.0. The van der Waals surface area contributed by atoms with Crippen LogP contribution in [-0.4, -0.2) is 27.0 Å². The van der Waals surface area contributed by atoms with E-state index in [2.05, 4.69) is 36.3 Å². The summed E-state index contributed by atoms with van der Waals surface area (Å²) in [5, 5.41) is 5.84. The molecule has 0 aliphatic rings. The highest BCUT2D eigenvalue weighted by atomic mass is 32.2. The number of aromatic nitrogens is 2. The zero-order chi connectivity index (χ0) is 23.7. The van der Waals surface area contributed by atoms with E-state index in [1.54, 1.807) is 13.1 Å². The summed E-state index contributed by atoms with van der Waals surface area (Å²) in [4.78, 5) is 43.8. The standard InChI is InChI=1S/C24H23N3O3S3/c1-13-5-6-16(9-14(13)2)18-11-31-22-21(18)23(30)27(4)24(26-22)32-12-19(29)20-8-7-17(33-20)10-25-15(3)28/h5-9,11H,10,12H2,1-4H3,(H,25,28). The quantitative estimate of drug-likeness (QED) is 0.222. The van der Waals surface area contributed by atoms with Crippen LogP contribution in [0, 0.1) is 13.8 Å². The van der Waals surface area contributed by atoms with Crippen molar-refractivity contribution in [1.82, 2.24) is 14.9 Å². The lowest BCUT2D eigenvalue weighted by Gasteiger charge is -2.08. The summed E-state index contributed by atoms with van der Waals surface area (Å²) >= 11 is 4.07. The molecule has 0 fully saturated rings. The predicted molar refractivity (Wildman–Crippen MR) is 137 cm³/mol. The third-order valence-electron chi connectivity index (χ3n) is 5.37. The number of thioether (sulfide) groups is 1. The molecule has 6 nitrogen and oxygen atoms in total. The van der Waals surface area contributed by atoms with Gasteiger partial charge in [-0.25, -0.2) is 4.98 Å². The average Bonchev–Trinajstić information content (AvgIpc) is 3.43. The number of amides is 1. The van der Waals surface area contributed by atoms with Gasteiger partial charge in [-0.1, -0.05) is 30.0 Å². The number of carbonyl (C=O) groups is 2. The molecule has 1 N–H and O–H groups in total. The minimum absolute atomic E-state index is 0.0320. The second-order valence-corrected chi connectivity index (χ2v) is 10.7. The first-order valence-electron chi connectivity index (χ1n) is 10.3. The molecule has 0 unspecified atom stereocenters. The van der Waals surface area contributed by atoms with Gasteiger partial charge >= 0.3 is 0 Å². The number of fused-ring (bicyclic) bond motifs is 1. The van der Waals surface area contributed by atoms with E-state index in [1.165, 1.54) is 57.1 Å². The summed E-state index contributed by atoms with van der Waals surface area (Å²) in [6, 6.07) is 9.81. The van der Waals surface area contributed by atoms with Crippen LogP contribution in [0.5, 0.6) is 0 Å². The van der Waals surface area contributed by atoms with Crippen molar-refractivity contribution in [2.75, 3.05) is 5.75 Å². The zero-order valence-electron chi connectivity index (χ0n) is 18.7. The van der Waals surface area contributed by atoms with Gasteiger partial charge in [0.1, 0.15) is 4.83 Å². The molecule has 1 aromatic carbocycles. The van der Waals surface area contributed by atoms with Gasteiger partial charge in [-0.3, -0.25) is 19.0 Å². The molecule has 0 spiro atoms. The molecule has 3 aromatic heterocycles. The normalized spacial score (nSPS) is 11.2. The Hall–Kier alpha value is -2.75. The van der Waals surface area contributed by atoms with Gasteiger partial charge in [0.15, 0.2) is 10.9 Å². The Bertz CT molecular complexity index is 1430. The van der Waals surface area contributed by atoms with Crippen molar-refractivity contribution in [1.29, 1.82) is 0 Å². The molecule has 0 saturated heterocycles. The van der Waals surface area contributed by atoms with Crippen LogP contribution >= 0.6 is 34.4 Å². The van der Waals surface area contributed by atoms with E-state index >= 15 is 0 Å². The van der Waals surface area contributed by atoms with E-state index < -0.39 is 0 Å². The summed E-state index contributed by atoms with van der Waals surface area (Å²) in [6.07, 6.45) is 0. The number of thiophene rings is 2. The molecular weight excluding hydrogens is 474 g/mol. The zero-order valence-corrected chi connectivity index (χ0v) is 21.2. The van der Waals surface area contributed by atoms with Gasteiger partial charge in [0.2, 0.25) is 5.91 Å². The first kappa shape index (κ1) is 23.4. The fourth-order valence-corrected chi connectivity index (χ4v) is 6.16. The van der Waals surface area contributed by atoms with E-state index in [1.807, 2.05) is 17.5 Å². The first-order chi connectivity index (χ1) is 15.7. The number of aryl methyl sites for hydroxylation is 2. The number of nitrogens with zero attached hydrogens (tertiary/aromatic N) is 2. The molecule has 0 atom stereocenters.